The van der Waals surface area contributed by atoms with Gasteiger partial charge in [-0.15, -0.1) is 0 Å². The fourth-order valence-corrected chi connectivity index (χ4v) is 3.49. The van der Waals surface area contributed by atoms with E-state index in [1.807, 2.05) is 35.6 Å². The maximum Gasteiger partial charge on any atom is 0.274 e. The van der Waals surface area contributed by atoms with Crippen LogP contribution in [0.3, 0.4) is 0 Å². The first-order valence-corrected chi connectivity index (χ1v) is 8.53. The maximum atomic E-state index is 12.9. The van der Waals surface area contributed by atoms with Crippen molar-refractivity contribution >= 4 is 5.91 Å². The largest absolute Gasteiger partial charge is 0.463 e. The van der Waals surface area contributed by atoms with Crippen LogP contribution in [0.4, 0.5) is 0 Å². The molecule has 0 spiro atoms. The van der Waals surface area contributed by atoms with Crippen molar-refractivity contribution in [3.8, 4) is 11.5 Å². The van der Waals surface area contributed by atoms with E-state index in [2.05, 4.69) is 21.4 Å². The van der Waals surface area contributed by atoms with Gasteiger partial charge in [0.1, 0.15) is 5.69 Å². The van der Waals surface area contributed by atoms with Gasteiger partial charge in [0.25, 0.3) is 5.91 Å². The van der Waals surface area contributed by atoms with Gasteiger partial charge in [-0.1, -0.05) is 0 Å². The van der Waals surface area contributed by atoms with Gasteiger partial charge < -0.3 is 9.32 Å². The van der Waals surface area contributed by atoms with Crippen LogP contribution in [0.25, 0.3) is 11.5 Å². The van der Waals surface area contributed by atoms with E-state index in [1.165, 1.54) is 0 Å². The summed E-state index contributed by atoms with van der Waals surface area (Å²) in [6, 6.07) is 7.60. The first-order chi connectivity index (χ1) is 12.1. The zero-order chi connectivity index (χ0) is 17.4. The highest BCUT2D eigenvalue weighted by molar-refractivity contribution is 5.93. The first-order valence-electron chi connectivity index (χ1n) is 8.53. The lowest BCUT2D eigenvalue weighted by Crippen LogP contribution is -2.38. The molecule has 0 unspecified atom stereocenters. The van der Waals surface area contributed by atoms with Crippen LogP contribution in [-0.2, 0) is 6.54 Å². The Morgan fingerprint density at radius 3 is 3.00 bits per heavy atom. The van der Waals surface area contributed by atoms with Crippen molar-refractivity contribution in [2.24, 2.45) is 0 Å². The lowest BCUT2D eigenvalue weighted by Gasteiger charge is -2.24. The molecule has 1 aliphatic heterocycles. The molecular weight excluding hydrogens is 318 g/mol. The smallest absolute Gasteiger partial charge is 0.274 e. The summed E-state index contributed by atoms with van der Waals surface area (Å²) in [6.45, 7) is 5.51. The van der Waals surface area contributed by atoms with E-state index in [0.717, 1.165) is 37.3 Å². The molecular formula is C18H21N5O2. The van der Waals surface area contributed by atoms with E-state index in [4.69, 9.17) is 4.42 Å². The van der Waals surface area contributed by atoms with Crippen LogP contribution in [0.15, 0.2) is 34.9 Å². The molecule has 3 aromatic rings. The molecule has 1 fully saturated rings. The predicted octanol–water partition coefficient (Wildman–Crippen LogP) is 2.79. The Bertz CT molecular complexity index is 877. The van der Waals surface area contributed by atoms with E-state index in [1.54, 1.807) is 12.3 Å². The number of rotatable bonds is 4. The Morgan fingerprint density at radius 1 is 1.40 bits per heavy atom. The summed E-state index contributed by atoms with van der Waals surface area (Å²) in [5.41, 5.74) is 3.26. The van der Waals surface area contributed by atoms with Crippen LogP contribution < -0.4 is 0 Å². The first kappa shape index (κ1) is 15.7. The number of carbonyl (C=O) groups is 1. The highest BCUT2D eigenvalue weighted by Gasteiger charge is 2.31. The minimum atomic E-state index is -0.0434. The predicted molar refractivity (Wildman–Crippen MR) is 92.0 cm³/mol. The molecule has 1 amide bonds. The molecule has 0 saturated carbocycles. The number of nitrogens with zero attached hydrogens (tertiary/aromatic N) is 4. The second-order valence-corrected chi connectivity index (χ2v) is 6.55. The summed E-state index contributed by atoms with van der Waals surface area (Å²) < 4.78 is 7.34. The number of hydrogen-bond donors (Lipinski definition) is 1. The third kappa shape index (κ3) is 2.97. The summed E-state index contributed by atoms with van der Waals surface area (Å²) >= 11 is 0. The Morgan fingerprint density at radius 2 is 2.28 bits per heavy atom. The zero-order valence-corrected chi connectivity index (χ0v) is 14.4. The summed E-state index contributed by atoms with van der Waals surface area (Å²) in [7, 11) is 0. The highest BCUT2D eigenvalue weighted by atomic mass is 16.3. The van der Waals surface area contributed by atoms with Gasteiger partial charge in [0, 0.05) is 18.3 Å². The van der Waals surface area contributed by atoms with Gasteiger partial charge in [-0.2, -0.15) is 10.2 Å². The average Bonchev–Trinajstić information content (AvgIpc) is 3.34. The standard InChI is InChI=1S/C18H21N5O2/c1-12-9-13(2)23(21-12)11-14-5-3-7-22(14)18(24)16-10-15(19-20-16)17-6-4-8-25-17/h4,6,8-10,14H,3,5,7,11H2,1-2H3,(H,19,20)/t14-/m1/s1. The second-order valence-electron chi connectivity index (χ2n) is 6.55. The van der Waals surface area contributed by atoms with Gasteiger partial charge in [-0.05, 0) is 44.9 Å². The van der Waals surface area contributed by atoms with Crippen molar-refractivity contribution in [3.05, 3.63) is 47.6 Å². The van der Waals surface area contributed by atoms with Crippen molar-refractivity contribution in [1.29, 1.82) is 0 Å². The van der Waals surface area contributed by atoms with E-state index in [9.17, 15) is 4.79 Å². The molecule has 1 saturated heterocycles. The van der Waals surface area contributed by atoms with Crippen LogP contribution >= 0.6 is 0 Å². The minimum Gasteiger partial charge on any atom is -0.463 e. The van der Waals surface area contributed by atoms with Gasteiger partial charge in [-0.3, -0.25) is 14.6 Å². The monoisotopic (exact) mass is 339 g/mol. The van der Waals surface area contributed by atoms with Crippen molar-refractivity contribution in [3.63, 3.8) is 0 Å². The van der Waals surface area contributed by atoms with E-state index in [0.29, 0.717) is 17.1 Å². The van der Waals surface area contributed by atoms with Gasteiger partial charge in [0.05, 0.1) is 24.5 Å². The average molecular weight is 339 g/mol. The number of amides is 1. The molecule has 0 bridgehead atoms. The number of furan rings is 1. The molecule has 1 aliphatic rings. The molecule has 0 aliphatic carbocycles. The number of nitrogens with one attached hydrogen (secondary N) is 1. The van der Waals surface area contributed by atoms with Gasteiger partial charge >= 0.3 is 0 Å². The molecule has 4 heterocycles. The Kier molecular flexibility index (Phi) is 3.91. The Labute approximate surface area is 145 Å². The summed E-state index contributed by atoms with van der Waals surface area (Å²) in [6.07, 6.45) is 3.59. The Hall–Kier alpha value is -2.83. The third-order valence-electron chi connectivity index (χ3n) is 4.71. The summed E-state index contributed by atoms with van der Waals surface area (Å²) in [5, 5.41) is 11.6. The normalized spacial score (nSPS) is 17.4. The van der Waals surface area contributed by atoms with Gasteiger partial charge in [-0.25, -0.2) is 0 Å². The third-order valence-corrected chi connectivity index (χ3v) is 4.71. The lowest BCUT2D eigenvalue weighted by molar-refractivity contribution is 0.0715. The minimum absolute atomic E-state index is 0.0434. The number of likely N-dealkylation sites (tertiary alicyclic amines) is 1. The molecule has 25 heavy (non-hydrogen) atoms. The molecule has 1 N–H and O–H groups in total. The number of H-pyrrole nitrogens is 1. The van der Waals surface area contributed by atoms with E-state index < -0.39 is 0 Å². The van der Waals surface area contributed by atoms with Crippen molar-refractivity contribution < 1.29 is 9.21 Å². The second kappa shape index (κ2) is 6.23. The SMILES string of the molecule is Cc1cc(C)n(C[C@H]2CCCN2C(=O)c2cc(-c3ccco3)[nH]n2)n1. The fourth-order valence-electron chi connectivity index (χ4n) is 3.49. The summed E-state index contributed by atoms with van der Waals surface area (Å²) in [5.74, 6) is 0.630. The van der Waals surface area contributed by atoms with Crippen LogP contribution in [0.5, 0.6) is 0 Å². The number of aryl methyl sites for hydroxylation is 2. The number of aromatic nitrogens is 4. The van der Waals surface area contributed by atoms with Crippen molar-refractivity contribution in [1.82, 2.24) is 24.9 Å². The lowest BCUT2D eigenvalue weighted by atomic mass is 10.2. The molecule has 7 heteroatoms. The molecule has 0 radical (unpaired) electrons. The van der Waals surface area contributed by atoms with Crippen molar-refractivity contribution in [2.45, 2.75) is 39.3 Å². The van der Waals surface area contributed by atoms with Crippen LogP contribution in [0, 0.1) is 13.8 Å². The molecule has 3 aromatic heterocycles. The number of carbonyl (C=O) groups excluding carboxylic acids is 1. The zero-order valence-electron chi connectivity index (χ0n) is 14.4. The highest BCUT2D eigenvalue weighted by Crippen LogP contribution is 2.24. The van der Waals surface area contributed by atoms with E-state index in [-0.39, 0.29) is 11.9 Å². The van der Waals surface area contributed by atoms with Crippen molar-refractivity contribution in [2.75, 3.05) is 6.54 Å². The summed E-state index contributed by atoms with van der Waals surface area (Å²) in [4.78, 5) is 14.8. The van der Waals surface area contributed by atoms with Crippen LogP contribution in [-0.4, -0.2) is 43.4 Å². The van der Waals surface area contributed by atoms with Gasteiger partial charge in [0.15, 0.2) is 11.5 Å². The molecule has 7 nitrogen and oxygen atoms in total. The Balaban J connectivity index is 1.52. The van der Waals surface area contributed by atoms with Crippen LogP contribution in [0.2, 0.25) is 0 Å². The van der Waals surface area contributed by atoms with Crippen LogP contribution in [0.1, 0.15) is 34.7 Å². The number of aromatic amines is 1. The maximum absolute atomic E-state index is 12.9. The number of hydrogen-bond acceptors (Lipinski definition) is 4. The molecule has 1 atom stereocenters. The van der Waals surface area contributed by atoms with E-state index >= 15 is 0 Å². The van der Waals surface area contributed by atoms with Gasteiger partial charge in [0.2, 0.25) is 0 Å². The molecule has 130 valence electrons. The fraction of sp³-hybridized carbons (Fsp3) is 0.389. The molecule has 0 aromatic carbocycles. The quantitative estimate of drug-likeness (QED) is 0.792. The topological polar surface area (TPSA) is 80.0 Å². The molecule has 4 rings (SSSR count).